The van der Waals surface area contributed by atoms with E-state index in [1.54, 1.807) is 0 Å². The highest BCUT2D eigenvalue weighted by molar-refractivity contribution is 5.63. The van der Waals surface area contributed by atoms with Crippen LogP contribution in [0.3, 0.4) is 0 Å². The van der Waals surface area contributed by atoms with Crippen molar-refractivity contribution in [2.45, 2.75) is 5.41 Å². The lowest BCUT2D eigenvalue weighted by Crippen LogP contribution is -2.41. The minimum Gasteiger partial charge on any atom is -0.206 e. The quantitative estimate of drug-likeness (QED) is 0.0905. The Morgan fingerprint density at radius 2 is 0.535 bits per heavy atom. The first kappa shape index (κ1) is 31.6. The summed E-state index contributed by atoms with van der Waals surface area (Å²) in [5.74, 6) is -57.9. The Morgan fingerprint density at radius 3 is 0.930 bits per heavy atom. The number of halogens is 18. The Hall–Kier alpha value is -4.38. The van der Waals surface area contributed by atoms with E-state index in [1.807, 2.05) is 0 Å². The standard InChI is InChI=1S/C25H2F18/c26-4-2-6(28)11(30)13(32)7(4)25(3-1-5(27)12(31)18(37)10(3)29,8-14(33)19(38)23(42)20(39)15(8)34)9-16(35)21(40)24(43)22(41)17(9)36/h1-2H. The van der Waals surface area contributed by atoms with Gasteiger partial charge in [-0.05, 0) is 6.07 Å². The summed E-state index contributed by atoms with van der Waals surface area (Å²) < 4.78 is 264. The zero-order valence-corrected chi connectivity index (χ0v) is 19.5. The molecule has 0 atom stereocenters. The van der Waals surface area contributed by atoms with Gasteiger partial charge in [0.15, 0.2) is 87.3 Å². The van der Waals surface area contributed by atoms with Crippen LogP contribution in [-0.2, 0) is 5.41 Å². The normalized spacial score (nSPS) is 12.0. The molecule has 0 spiro atoms. The van der Waals surface area contributed by atoms with Crippen molar-refractivity contribution in [3.05, 3.63) is 139 Å². The minimum atomic E-state index is -5.46. The Balaban J connectivity index is 2.62. The van der Waals surface area contributed by atoms with Gasteiger partial charge >= 0.3 is 0 Å². The maximum Gasteiger partial charge on any atom is 0.200 e. The first-order chi connectivity index (χ1) is 19.8. The summed E-state index contributed by atoms with van der Waals surface area (Å²) in [6.45, 7) is 0. The summed E-state index contributed by atoms with van der Waals surface area (Å²) in [6.07, 6.45) is 0. The van der Waals surface area contributed by atoms with Crippen molar-refractivity contribution in [1.82, 2.24) is 0 Å². The van der Waals surface area contributed by atoms with Gasteiger partial charge in [0.05, 0.1) is 5.41 Å². The lowest BCUT2D eigenvalue weighted by molar-refractivity contribution is 0.332. The molecule has 0 saturated heterocycles. The molecule has 0 heterocycles. The van der Waals surface area contributed by atoms with Gasteiger partial charge in [0.2, 0.25) is 11.6 Å². The number of benzene rings is 4. The molecule has 0 N–H and O–H groups in total. The van der Waals surface area contributed by atoms with Crippen molar-refractivity contribution < 1.29 is 79.0 Å². The van der Waals surface area contributed by atoms with Crippen LogP contribution in [0.1, 0.15) is 22.3 Å². The summed E-state index contributed by atoms with van der Waals surface area (Å²) in [5, 5.41) is 0. The molecule has 0 unspecified atom stereocenters. The highest BCUT2D eigenvalue weighted by Gasteiger charge is 2.55. The van der Waals surface area contributed by atoms with E-state index in [0.29, 0.717) is 0 Å². The van der Waals surface area contributed by atoms with E-state index >= 15 is 30.7 Å². The Morgan fingerprint density at radius 1 is 0.256 bits per heavy atom. The number of rotatable bonds is 4. The van der Waals surface area contributed by atoms with Crippen molar-refractivity contribution in [2.75, 3.05) is 0 Å². The largest absolute Gasteiger partial charge is 0.206 e. The average molecular weight is 644 g/mol. The highest BCUT2D eigenvalue weighted by atomic mass is 19.2. The van der Waals surface area contributed by atoms with Gasteiger partial charge in [-0.1, -0.05) is 0 Å². The summed E-state index contributed by atoms with van der Waals surface area (Å²) >= 11 is 0. The Labute approximate surface area is 224 Å². The first-order valence-electron chi connectivity index (χ1n) is 10.6. The van der Waals surface area contributed by atoms with E-state index in [0.717, 1.165) is 0 Å². The molecule has 0 aliphatic heterocycles. The second-order valence-corrected chi connectivity index (χ2v) is 8.33. The summed E-state index contributed by atoms with van der Waals surface area (Å²) in [6, 6.07) is -1.89. The van der Waals surface area contributed by atoms with Gasteiger partial charge in [0.25, 0.3) is 0 Å². The molecule has 0 aromatic heterocycles. The molecule has 18 heteroatoms. The SMILES string of the molecule is Fc1cc(C(c2c(F)cc(F)c(F)c2F)(c2c(F)c(F)c(F)c(F)c2F)c2c(F)c(F)c(F)c(F)c2F)c(F)c(F)c1F. The van der Waals surface area contributed by atoms with Gasteiger partial charge in [-0.15, -0.1) is 0 Å². The van der Waals surface area contributed by atoms with Crippen LogP contribution in [0.4, 0.5) is 79.0 Å². The van der Waals surface area contributed by atoms with Gasteiger partial charge in [-0.2, -0.15) is 0 Å². The average Bonchev–Trinajstić information content (AvgIpc) is 2.96. The molecule has 4 rings (SSSR count). The van der Waals surface area contributed by atoms with Crippen molar-refractivity contribution in [2.24, 2.45) is 0 Å². The van der Waals surface area contributed by atoms with Crippen LogP contribution >= 0.6 is 0 Å². The second kappa shape index (κ2) is 10.4. The van der Waals surface area contributed by atoms with Crippen LogP contribution < -0.4 is 0 Å². The minimum absolute atomic E-state index is 0.894. The highest BCUT2D eigenvalue weighted by Crippen LogP contribution is 2.53. The Bertz CT molecular complexity index is 1730. The van der Waals surface area contributed by atoms with Crippen molar-refractivity contribution in [1.29, 1.82) is 0 Å². The zero-order valence-electron chi connectivity index (χ0n) is 19.5. The van der Waals surface area contributed by atoms with Crippen molar-refractivity contribution in [3.63, 3.8) is 0 Å². The molecule has 0 amide bonds. The number of hydrogen-bond acceptors (Lipinski definition) is 0. The molecule has 4 aromatic rings. The second-order valence-electron chi connectivity index (χ2n) is 8.33. The predicted molar refractivity (Wildman–Crippen MR) is 104 cm³/mol. The third-order valence-corrected chi connectivity index (χ3v) is 6.17. The fraction of sp³-hybridized carbons (Fsp3) is 0.0400. The smallest absolute Gasteiger partial charge is 0.200 e. The van der Waals surface area contributed by atoms with E-state index < -0.39 is 145 Å². The molecule has 0 nitrogen and oxygen atoms in total. The Kier molecular flexibility index (Phi) is 7.64. The van der Waals surface area contributed by atoms with E-state index in [-0.39, 0.29) is 0 Å². The van der Waals surface area contributed by atoms with Crippen LogP contribution in [0.2, 0.25) is 0 Å². The zero-order chi connectivity index (χ0) is 32.6. The van der Waals surface area contributed by atoms with E-state index in [9.17, 15) is 48.3 Å². The molecular weight excluding hydrogens is 642 g/mol. The molecule has 4 aromatic carbocycles. The van der Waals surface area contributed by atoms with Crippen LogP contribution in [0.25, 0.3) is 0 Å². The summed E-state index contributed by atoms with van der Waals surface area (Å²) in [7, 11) is 0. The fourth-order valence-corrected chi connectivity index (χ4v) is 4.40. The molecule has 0 bridgehead atoms. The van der Waals surface area contributed by atoms with Crippen LogP contribution in [0, 0.1) is 105 Å². The van der Waals surface area contributed by atoms with Gasteiger partial charge in [-0.25, -0.2) is 79.0 Å². The van der Waals surface area contributed by atoms with Crippen LogP contribution in [0.5, 0.6) is 0 Å². The lowest BCUT2D eigenvalue weighted by atomic mass is 9.63. The molecule has 43 heavy (non-hydrogen) atoms. The van der Waals surface area contributed by atoms with Crippen LogP contribution in [0.15, 0.2) is 12.1 Å². The predicted octanol–water partition coefficient (Wildman–Crippen LogP) is 8.57. The third kappa shape index (κ3) is 4.12. The molecule has 0 radical (unpaired) electrons. The molecule has 0 saturated carbocycles. The maximum absolute atomic E-state index is 15.3. The summed E-state index contributed by atoms with van der Waals surface area (Å²) in [5.41, 5.74) is -17.9. The summed E-state index contributed by atoms with van der Waals surface area (Å²) in [4.78, 5) is 0. The molecule has 0 aliphatic carbocycles. The van der Waals surface area contributed by atoms with E-state index in [1.165, 1.54) is 0 Å². The molecule has 228 valence electrons. The fourth-order valence-electron chi connectivity index (χ4n) is 4.40. The first-order valence-corrected chi connectivity index (χ1v) is 10.6. The third-order valence-electron chi connectivity index (χ3n) is 6.17. The monoisotopic (exact) mass is 644 g/mol. The van der Waals surface area contributed by atoms with E-state index in [2.05, 4.69) is 0 Å². The van der Waals surface area contributed by atoms with Gasteiger partial charge < -0.3 is 0 Å². The van der Waals surface area contributed by atoms with Gasteiger partial charge in [0, 0.05) is 28.3 Å². The van der Waals surface area contributed by atoms with Crippen LogP contribution in [-0.4, -0.2) is 0 Å². The lowest BCUT2D eigenvalue weighted by Gasteiger charge is -2.38. The topological polar surface area (TPSA) is 0 Å². The molecular formula is C25H2F18. The van der Waals surface area contributed by atoms with Crippen molar-refractivity contribution in [3.8, 4) is 0 Å². The van der Waals surface area contributed by atoms with E-state index in [4.69, 9.17) is 0 Å². The molecule has 0 fully saturated rings. The maximum atomic E-state index is 15.3. The number of hydrogen-bond donors (Lipinski definition) is 0. The van der Waals surface area contributed by atoms with Gasteiger partial charge in [-0.3, -0.25) is 0 Å². The molecule has 0 aliphatic rings. The van der Waals surface area contributed by atoms with Gasteiger partial charge in [0.1, 0.15) is 5.82 Å². The van der Waals surface area contributed by atoms with Crippen molar-refractivity contribution >= 4 is 0 Å².